The van der Waals surface area contributed by atoms with Crippen LogP contribution < -0.4 is 0 Å². The summed E-state index contributed by atoms with van der Waals surface area (Å²) in [4.78, 5) is 2.80. The monoisotopic (exact) mass is 211 g/mol. The highest BCUT2D eigenvalue weighted by Gasteiger charge is 2.27. The van der Waals surface area contributed by atoms with Crippen LogP contribution in [-0.2, 0) is 0 Å². The van der Waals surface area contributed by atoms with Gasteiger partial charge in [0.05, 0.1) is 0 Å². The van der Waals surface area contributed by atoms with Gasteiger partial charge in [-0.1, -0.05) is 33.1 Å². The predicted molar refractivity (Wildman–Crippen MR) is 68.2 cm³/mol. The summed E-state index contributed by atoms with van der Waals surface area (Å²) in [6.07, 6.45) is 9.83. The third-order valence-electron chi connectivity index (χ3n) is 4.20. The second-order valence-electron chi connectivity index (χ2n) is 5.25. The lowest BCUT2D eigenvalue weighted by molar-refractivity contribution is 0.0668. The normalized spacial score (nSPS) is 23.0. The molecule has 1 saturated carbocycles. The molecule has 0 aromatic carbocycles. The van der Waals surface area contributed by atoms with E-state index in [-0.39, 0.29) is 0 Å². The summed E-state index contributed by atoms with van der Waals surface area (Å²) in [6, 6.07) is 2.41. The van der Waals surface area contributed by atoms with Crippen LogP contribution in [0.3, 0.4) is 0 Å². The highest BCUT2D eigenvalue weighted by molar-refractivity contribution is 4.82. The lowest BCUT2D eigenvalue weighted by Gasteiger charge is -2.42. The molecule has 90 valence electrons. The van der Waals surface area contributed by atoms with Crippen molar-refractivity contribution in [2.45, 2.75) is 90.8 Å². The van der Waals surface area contributed by atoms with Crippen LogP contribution >= 0.6 is 0 Å². The summed E-state index contributed by atoms with van der Waals surface area (Å²) >= 11 is 0. The van der Waals surface area contributed by atoms with Crippen molar-refractivity contribution in [3.05, 3.63) is 0 Å². The van der Waals surface area contributed by atoms with E-state index in [9.17, 15) is 0 Å². The summed E-state index contributed by atoms with van der Waals surface area (Å²) in [7, 11) is 0. The Morgan fingerprint density at radius 3 is 1.80 bits per heavy atom. The highest BCUT2D eigenvalue weighted by Crippen LogP contribution is 2.27. The van der Waals surface area contributed by atoms with Gasteiger partial charge in [-0.15, -0.1) is 0 Å². The first kappa shape index (κ1) is 13.0. The molecule has 1 rings (SSSR count). The minimum absolute atomic E-state index is 0.767. The van der Waals surface area contributed by atoms with Crippen molar-refractivity contribution in [2.75, 3.05) is 0 Å². The fourth-order valence-electron chi connectivity index (χ4n) is 2.96. The lowest BCUT2D eigenvalue weighted by atomic mass is 9.91. The van der Waals surface area contributed by atoms with E-state index in [0.717, 1.165) is 18.1 Å². The van der Waals surface area contributed by atoms with E-state index in [2.05, 4.69) is 32.6 Å². The van der Waals surface area contributed by atoms with Crippen LogP contribution in [-0.4, -0.2) is 23.0 Å². The number of rotatable bonds is 5. The Kier molecular flexibility index (Phi) is 5.66. The minimum Gasteiger partial charge on any atom is -0.295 e. The first-order chi connectivity index (χ1) is 7.20. The molecule has 0 bridgehead atoms. The fourth-order valence-corrected chi connectivity index (χ4v) is 2.96. The Balaban J connectivity index is 2.60. The average molecular weight is 211 g/mol. The predicted octanol–water partition coefficient (Wildman–Crippen LogP) is 4.22. The molecule has 1 aliphatic rings. The second kappa shape index (κ2) is 6.52. The first-order valence-electron chi connectivity index (χ1n) is 6.98. The van der Waals surface area contributed by atoms with Gasteiger partial charge in [-0.05, 0) is 39.5 Å². The molecule has 1 heteroatoms. The van der Waals surface area contributed by atoms with Gasteiger partial charge in [0.1, 0.15) is 0 Å². The molecule has 1 aliphatic carbocycles. The van der Waals surface area contributed by atoms with Crippen LogP contribution in [0, 0.1) is 0 Å². The van der Waals surface area contributed by atoms with Gasteiger partial charge >= 0.3 is 0 Å². The van der Waals surface area contributed by atoms with Crippen LogP contribution in [0.15, 0.2) is 0 Å². The largest absolute Gasteiger partial charge is 0.295 e. The Bertz CT molecular complexity index is 151. The van der Waals surface area contributed by atoms with Gasteiger partial charge in [0.15, 0.2) is 0 Å². The van der Waals surface area contributed by atoms with Crippen molar-refractivity contribution < 1.29 is 0 Å². The number of nitrogens with zero attached hydrogens (tertiary/aromatic N) is 1. The third kappa shape index (κ3) is 3.48. The Hall–Kier alpha value is -0.0400. The van der Waals surface area contributed by atoms with Gasteiger partial charge in [0, 0.05) is 18.1 Å². The van der Waals surface area contributed by atoms with Crippen molar-refractivity contribution in [1.29, 1.82) is 0 Å². The molecule has 1 fully saturated rings. The molecule has 0 amide bonds. The molecule has 2 atom stereocenters. The molecule has 0 aromatic heterocycles. The SMILES string of the molecule is CCC(C)N(C(C)CC)C1CCCCC1. The molecule has 0 aromatic rings. The van der Waals surface area contributed by atoms with Crippen LogP contribution in [0.25, 0.3) is 0 Å². The van der Waals surface area contributed by atoms with Crippen molar-refractivity contribution in [2.24, 2.45) is 0 Å². The molecule has 0 saturated heterocycles. The molecule has 0 heterocycles. The number of hydrogen-bond acceptors (Lipinski definition) is 1. The summed E-state index contributed by atoms with van der Waals surface area (Å²) in [5.41, 5.74) is 0. The van der Waals surface area contributed by atoms with Gasteiger partial charge in [-0.3, -0.25) is 4.90 Å². The van der Waals surface area contributed by atoms with E-state index in [1.54, 1.807) is 0 Å². The number of hydrogen-bond donors (Lipinski definition) is 0. The van der Waals surface area contributed by atoms with E-state index < -0.39 is 0 Å². The van der Waals surface area contributed by atoms with E-state index in [4.69, 9.17) is 0 Å². The molecule has 1 nitrogen and oxygen atoms in total. The molecule has 15 heavy (non-hydrogen) atoms. The molecule has 0 aliphatic heterocycles. The summed E-state index contributed by atoms with van der Waals surface area (Å²) in [5.74, 6) is 0. The van der Waals surface area contributed by atoms with E-state index in [1.165, 1.54) is 44.9 Å². The minimum atomic E-state index is 0.767. The van der Waals surface area contributed by atoms with Gasteiger partial charge in [-0.25, -0.2) is 0 Å². The standard InChI is InChI=1S/C14H29N/c1-5-12(3)15(13(4)6-2)14-10-8-7-9-11-14/h12-14H,5-11H2,1-4H3. The molecule has 0 radical (unpaired) electrons. The van der Waals surface area contributed by atoms with Gasteiger partial charge in [0.2, 0.25) is 0 Å². The maximum atomic E-state index is 2.80. The van der Waals surface area contributed by atoms with Gasteiger partial charge in [-0.2, -0.15) is 0 Å². The summed E-state index contributed by atoms with van der Waals surface area (Å²) < 4.78 is 0. The first-order valence-corrected chi connectivity index (χ1v) is 6.98. The Morgan fingerprint density at radius 2 is 1.40 bits per heavy atom. The van der Waals surface area contributed by atoms with Crippen molar-refractivity contribution in [1.82, 2.24) is 4.90 Å². The quantitative estimate of drug-likeness (QED) is 0.658. The van der Waals surface area contributed by atoms with Gasteiger partial charge < -0.3 is 0 Å². The zero-order chi connectivity index (χ0) is 11.3. The zero-order valence-corrected chi connectivity index (χ0v) is 11.1. The van der Waals surface area contributed by atoms with E-state index in [0.29, 0.717) is 0 Å². The Labute approximate surface area is 96.2 Å². The average Bonchev–Trinajstić information content (AvgIpc) is 2.30. The van der Waals surface area contributed by atoms with Crippen LogP contribution in [0.1, 0.15) is 72.6 Å². The maximum Gasteiger partial charge on any atom is 0.0101 e. The summed E-state index contributed by atoms with van der Waals surface area (Å²) in [5, 5.41) is 0. The molecular formula is C14H29N. The van der Waals surface area contributed by atoms with Crippen molar-refractivity contribution >= 4 is 0 Å². The molecule has 0 N–H and O–H groups in total. The maximum absolute atomic E-state index is 2.80. The molecular weight excluding hydrogens is 182 g/mol. The Morgan fingerprint density at radius 1 is 0.933 bits per heavy atom. The highest BCUT2D eigenvalue weighted by atomic mass is 15.2. The van der Waals surface area contributed by atoms with Crippen LogP contribution in [0.2, 0.25) is 0 Å². The van der Waals surface area contributed by atoms with E-state index >= 15 is 0 Å². The molecule has 2 unspecified atom stereocenters. The van der Waals surface area contributed by atoms with Crippen molar-refractivity contribution in [3.8, 4) is 0 Å². The van der Waals surface area contributed by atoms with Crippen LogP contribution in [0.5, 0.6) is 0 Å². The topological polar surface area (TPSA) is 3.24 Å². The van der Waals surface area contributed by atoms with Gasteiger partial charge in [0.25, 0.3) is 0 Å². The fraction of sp³-hybridized carbons (Fsp3) is 1.00. The summed E-state index contributed by atoms with van der Waals surface area (Å²) in [6.45, 7) is 9.45. The molecule has 0 spiro atoms. The smallest absolute Gasteiger partial charge is 0.0101 e. The van der Waals surface area contributed by atoms with Crippen molar-refractivity contribution in [3.63, 3.8) is 0 Å². The second-order valence-corrected chi connectivity index (χ2v) is 5.25. The third-order valence-corrected chi connectivity index (χ3v) is 4.20. The zero-order valence-electron chi connectivity index (χ0n) is 11.1. The lowest BCUT2D eigenvalue weighted by Crippen LogP contribution is -2.47. The van der Waals surface area contributed by atoms with E-state index in [1.807, 2.05) is 0 Å². The van der Waals surface area contributed by atoms with Crippen LogP contribution in [0.4, 0.5) is 0 Å².